The van der Waals surface area contributed by atoms with Gasteiger partial charge < -0.3 is 10.0 Å². The molecule has 0 aromatic heterocycles. The van der Waals surface area contributed by atoms with E-state index in [9.17, 15) is 0 Å². The molecular weight excluding hydrogens is 162 g/mol. The van der Waals surface area contributed by atoms with Crippen molar-refractivity contribution in [2.45, 2.75) is 39.0 Å². The van der Waals surface area contributed by atoms with Crippen molar-refractivity contribution in [1.29, 1.82) is 0 Å². The van der Waals surface area contributed by atoms with Gasteiger partial charge in [0.1, 0.15) is 0 Å². The van der Waals surface area contributed by atoms with Gasteiger partial charge in [-0.05, 0) is 31.7 Å². The molecule has 0 aromatic rings. The summed E-state index contributed by atoms with van der Waals surface area (Å²) in [6.45, 7) is 6.02. The van der Waals surface area contributed by atoms with E-state index in [0.717, 1.165) is 25.4 Å². The lowest BCUT2D eigenvalue weighted by Gasteiger charge is -2.23. The number of hydrogen-bond acceptors (Lipinski definition) is 2. The summed E-state index contributed by atoms with van der Waals surface area (Å²) in [6, 6.07) is 0. The van der Waals surface area contributed by atoms with Crippen LogP contribution >= 0.6 is 0 Å². The average Bonchev–Trinajstić information content (AvgIpc) is 2.64. The lowest BCUT2D eigenvalue weighted by atomic mass is 10.1. The van der Waals surface area contributed by atoms with Gasteiger partial charge in [0.25, 0.3) is 0 Å². The second kappa shape index (κ2) is 6.39. The summed E-state index contributed by atoms with van der Waals surface area (Å²) in [5, 5.41) is 8.74. The topological polar surface area (TPSA) is 23.5 Å². The third-order valence-corrected chi connectivity index (χ3v) is 3.07. The van der Waals surface area contributed by atoms with Crippen LogP contribution in [0, 0.1) is 5.92 Å². The predicted octanol–water partition coefficient (Wildman–Crippen LogP) is 1.88. The Kier molecular flexibility index (Phi) is 5.40. The summed E-state index contributed by atoms with van der Waals surface area (Å²) >= 11 is 0. The highest BCUT2D eigenvalue weighted by Crippen LogP contribution is 2.25. The van der Waals surface area contributed by atoms with Crippen LogP contribution in [0.2, 0.25) is 0 Å². The van der Waals surface area contributed by atoms with Crippen LogP contribution in [0.1, 0.15) is 39.0 Å². The standard InChI is InChI=1S/C11H23NO/c1-2-12(8-5-9-13)10-11-6-3-4-7-11/h11,13H,2-10H2,1H3. The molecule has 0 aromatic carbocycles. The maximum absolute atomic E-state index is 8.74. The van der Waals surface area contributed by atoms with Gasteiger partial charge in [-0.15, -0.1) is 0 Å². The van der Waals surface area contributed by atoms with Crippen LogP contribution in [0.25, 0.3) is 0 Å². The van der Waals surface area contributed by atoms with Crippen LogP contribution in [0.4, 0.5) is 0 Å². The molecule has 1 saturated carbocycles. The SMILES string of the molecule is CCN(CCCO)CC1CCCC1. The van der Waals surface area contributed by atoms with E-state index in [-0.39, 0.29) is 0 Å². The van der Waals surface area contributed by atoms with E-state index in [4.69, 9.17) is 5.11 Å². The minimum absolute atomic E-state index is 0.334. The van der Waals surface area contributed by atoms with Gasteiger partial charge in [-0.3, -0.25) is 0 Å². The zero-order valence-electron chi connectivity index (χ0n) is 8.84. The molecular formula is C11H23NO. The Balaban J connectivity index is 2.13. The highest BCUT2D eigenvalue weighted by Gasteiger charge is 2.17. The van der Waals surface area contributed by atoms with Gasteiger partial charge in [0.2, 0.25) is 0 Å². The predicted molar refractivity (Wildman–Crippen MR) is 55.8 cm³/mol. The molecule has 0 bridgehead atoms. The monoisotopic (exact) mass is 185 g/mol. The lowest BCUT2D eigenvalue weighted by Crippen LogP contribution is -2.30. The normalized spacial score (nSPS) is 18.7. The Morgan fingerprint density at radius 2 is 2.00 bits per heavy atom. The van der Waals surface area contributed by atoms with E-state index in [0.29, 0.717) is 6.61 Å². The third-order valence-electron chi connectivity index (χ3n) is 3.07. The summed E-state index contributed by atoms with van der Waals surface area (Å²) < 4.78 is 0. The van der Waals surface area contributed by atoms with Crippen molar-refractivity contribution >= 4 is 0 Å². The Bertz CT molecular complexity index is 121. The fraction of sp³-hybridized carbons (Fsp3) is 1.00. The quantitative estimate of drug-likeness (QED) is 0.683. The number of aliphatic hydroxyl groups is 1. The Morgan fingerprint density at radius 1 is 1.31 bits per heavy atom. The molecule has 13 heavy (non-hydrogen) atoms. The first-order chi connectivity index (χ1) is 6.36. The van der Waals surface area contributed by atoms with Crippen molar-refractivity contribution in [2.75, 3.05) is 26.2 Å². The lowest BCUT2D eigenvalue weighted by molar-refractivity contribution is 0.208. The molecule has 78 valence electrons. The smallest absolute Gasteiger partial charge is 0.0443 e. The van der Waals surface area contributed by atoms with E-state index in [1.165, 1.54) is 32.2 Å². The molecule has 0 atom stereocenters. The van der Waals surface area contributed by atoms with Crippen LogP contribution < -0.4 is 0 Å². The third kappa shape index (κ3) is 4.10. The number of hydrogen-bond donors (Lipinski definition) is 1. The molecule has 1 aliphatic carbocycles. The van der Waals surface area contributed by atoms with Gasteiger partial charge >= 0.3 is 0 Å². The van der Waals surface area contributed by atoms with Crippen molar-refractivity contribution in [1.82, 2.24) is 4.90 Å². The molecule has 0 heterocycles. The van der Waals surface area contributed by atoms with Gasteiger partial charge in [0.15, 0.2) is 0 Å². The summed E-state index contributed by atoms with van der Waals surface area (Å²) in [6.07, 6.45) is 6.65. The Labute approximate surface area is 81.9 Å². The molecule has 0 radical (unpaired) electrons. The summed E-state index contributed by atoms with van der Waals surface area (Å²) in [5.74, 6) is 0.943. The van der Waals surface area contributed by atoms with Crippen molar-refractivity contribution < 1.29 is 5.11 Å². The molecule has 1 N–H and O–H groups in total. The second-order valence-electron chi connectivity index (χ2n) is 4.12. The van der Waals surface area contributed by atoms with Crippen molar-refractivity contribution in [3.05, 3.63) is 0 Å². The summed E-state index contributed by atoms with van der Waals surface area (Å²) in [4.78, 5) is 2.48. The molecule has 0 spiro atoms. The fourth-order valence-electron chi connectivity index (χ4n) is 2.23. The van der Waals surface area contributed by atoms with Gasteiger partial charge in [-0.2, -0.15) is 0 Å². The maximum Gasteiger partial charge on any atom is 0.0443 e. The molecule has 0 saturated heterocycles. The van der Waals surface area contributed by atoms with E-state index in [1.54, 1.807) is 0 Å². The van der Waals surface area contributed by atoms with Crippen LogP contribution in [-0.4, -0.2) is 36.2 Å². The largest absolute Gasteiger partial charge is 0.396 e. The number of rotatable bonds is 6. The maximum atomic E-state index is 8.74. The average molecular weight is 185 g/mol. The van der Waals surface area contributed by atoms with Gasteiger partial charge in [0.05, 0.1) is 0 Å². The zero-order valence-corrected chi connectivity index (χ0v) is 8.84. The molecule has 0 unspecified atom stereocenters. The second-order valence-corrected chi connectivity index (χ2v) is 4.12. The minimum Gasteiger partial charge on any atom is -0.396 e. The van der Waals surface area contributed by atoms with Crippen LogP contribution in [0.3, 0.4) is 0 Å². The van der Waals surface area contributed by atoms with E-state index in [1.807, 2.05) is 0 Å². The zero-order chi connectivity index (χ0) is 9.52. The molecule has 2 heteroatoms. The van der Waals surface area contributed by atoms with Gasteiger partial charge in [-0.1, -0.05) is 19.8 Å². The first-order valence-electron chi connectivity index (χ1n) is 5.70. The van der Waals surface area contributed by atoms with Crippen LogP contribution in [-0.2, 0) is 0 Å². The van der Waals surface area contributed by atoms with Crippen molar-refractivity contribution in [2.24, 2.45) is 5.92 Å². The minimum atomic E-state index is 0.334. The first kappa shape index (κ1) is 11.0. The van der Waals surface area contributed by atoms with Gasteiger partial charge in [-0.25, -0.2) is 0 Å². The highest BCUT2D eigenvalue weighted by molar-refractivity contribution is 4.71. The Morgan fingerprint density at radius 3 is 2.54 bits per heavy atom. The highest BCUT2D eigenvalue weighted by atomic mass is 16.3. The summed E-state index contributed by atoms with van der Waals surface area (Å²) in [5.41, 5.74) is 0. The number of nitrogens with zero attached hydrogens (tertiary/aromatic N) is 1. The van der Waals surface area contributed by atoms with Crippen molar-refractivity contribution in [3.63, 3.8) is 0 Å². The summed E-state index contributed by atoms with van der Waals surface area (Å²) in [7, 11) is 0. The molecule has 0 aliphatic heterocycles. The van der Waals surface area contributed by atoms with Crippen molar-refractivity contribution in [3.8, 4) is 0 Å². The number of aliphatic hydroxyl groups excluding tert-OH is 1. The van der Waals surface area contributed by atoms with E-state index < -0.39 is 0 Å². The molecule has 1 aliphatic rings. The van der Waals surface area contributed by atoms with E-state index >= 15 is 0 Å². The molecule has 2 nitrogen and oxygen atoms in total. The van der Waals surface area contributed by atoms with Gasteiger partial charge in [0, 0.05) is 19.7 Å². The fourth-order valence-corrected chi connectivity index (χ4v) is 2.23. The molecule has 0 amide bonds. The molecule has 1 rings (SSSR count). The Hall–Kier alpha value is -0.0800. The first-order valence-corrected chi connectivity index (χ1v) is 5.70. The van der Waals surface area contributed by atoms with Crippen LogP contribution in [0.5, 0.6) is 0 Å². The van der Waals surface area contributed by atoms with E-state index in [2.05, 4.69) is 11.8 Å². The molecule has 1 fully saturated rings. The van der Waals surface area contributed by atoms with Crippen LogP contribution in [0.15, 0.2) is 0 Å².